The number of hydrogen-bond donors (Lipinski definition) is 1. The van der Waals surface area contributed by atoms with Gasteiger partial charge in [-0.3, -0.25) is 4.90 Å². The lowest BCUT2D eigenvalue weighted by Crippen LogP contribution is -2.52. The molecule has 1 aliphatic rings. The molecule has 0 saturated heterocycles. The van der Waals surface area contributed by atoms with Crippen molar-refractivity contribution in [2.75, 3.05) is 13.1 Å². The molecule has 1 aromatic heterocycles. The molecule has 5 heteroatoms. The average Bonchev–Trinajstić information content (AvgIpc) is 2.64. The summed E-state index contributed by atoms with van der Waals surface area (Å²) < 4.78 is 2.10. The van der Waals surface area contributed by atoms with Crippen LogP contribution in [0.25, 0.3) is 0 Å². The minimum absolute atomic E-state index is 0.0528. The second kappa shape index (κ2) is 3.33. The zero-order chi connectivity index (χ0) is 10.2. The van der Waals surface area contributed by atoms with Gasteiger partial charge in [-0.05, 0) is 13.8 Å². The van der Waals surface area contributed by atoms with Gasteiger partial charge in [0.05, 0.1) is 6.54 Å². The van der Waals surface area contributed by atoms with Gasteiger partial charge in [0.25, 0.3) is 0 Å². The molecule has 0 amide bonds. The van der Waals surface area contributed by atoms with Crippen molar-refractivity contribution in [3.05, 3.63) is 12.2 Å². The first kappa shape index (κ1) is 9.61. The van der Waals surface area contributed by atoms with Crippen molar-refractivity contribution < 1.29 is 0 Å². The summed E-state index contributed by atoms with van der Waals surface area (Å²) in [5.41, 5.74) is 5.80. The van der Waals surface area contributed by atoms with E-state index in [-0.39, 0.29) is 5.54 Å². The lowest BCUT2D eigenvalue weighted by atomic mass is 10.0. The number of aromatic nitrogens is 3. The molecule has 0 aliphatic carbocycles. The predicted octanol–water partition coefficient (Wildman–Crippen LogP) is -0.169. The Morgan fingerprint density at radius 3 is 3.00 bits per heavy atom. The third-order valence-electron chi connectivity index (χ3n) is 2.99. The van der Waals surface area contributed by atoms with Crippen LogP contribution in [0.4, 0.5) is 0 Å². The maximum absolute atomic E-state index is 5.75. The minimum atomic E-state index is 0.0528. The molecule has 2 N–H and O–H groups in total. The van der Waals surface area contributed by atoms with E-state index in [1.807, 2.05) is 0 Å². The number of nitrogens with zero attached hydrogens (tertiary/aromatic N) is 4. The summed E-state index contributed by atoms with van der Waals surface area (Å²) >= 11 is 0. The Kier molecular flexibility index (Phi) is 2.28. The van der Waals surface area contributed by atoms with Crippen LogP contribution in [0.1, 0.15) is 19.7 Å². The number of fused-ring (bicyclic) bond motifs is 1. The smallest absolute Gasteiger partial charge is 0.147 e. The van der Waals surface area contributed by atoms with E-state index < -0.39 is 0 Å². The Balaban J connectivity index is 2.15. The van der Waals surface area contributed by atoms with Gasteiger partial charge < -0.3 is 10.3 Å². The highest BCUT2D eigenvalue weighted by Gasteiger charge is 2.29. The van der Waals surface area contributed by atoms with Crippen molar-refractivity contribution in [2.45, 2.75) is 32.5 Å². The molecule has 0 atom stereocenters. The van der Waals surface area contributed by atoms with Crippen LogP contribution in [0, 0.1) is 0 Å². The lowest BCUT2D eigenvalue weighted by molar-refractivity contribution is 0.0919. The highest BCUT2D eigenvalue weighted by molar-refractivity contribution is 4.94. The normalized spacial score (nSPS) is 18.2. The van der Waals surface area contributed by atoms with Crippen molar-refractivity contribution in [3.8, 4) is 0 Å². The fourth-order valence-electron chi connectivity index (χ4n) is 1.71. The SMILES string of the molecule is CC(C)(CN)N1CCn2cnnc2C1. The van der Waals surface area contributed by atoms with Gasteiger partial charge in [-0.1, -0.05) is 0 Å². The maximum atomic E-state index is 5.75. The number of rotatable bonds is 2. The molecular formula is C9H17N5. The highest BCUT2D eigenvalue weighted by Crippen LogP contribution is 2.19. The predicted molar refractivity (Wildman–Crippen MR) is 53.6 cm³/mol. The van der Waals surface area contributed by atoms with E-state index in [1.165, 1.54) is 0 Å². The molecule has 1 aromatic rings. The lowest BCUT2D eigenvalue weighted by Gasteiger charge is -2.39. The summed E-state index contributed by atoms with van der Waals surface area (Å²) in [7, 11) is 0. The van der Waals surface area contributed by atoms with E-state index in [2.05, 4.69) is 33.5 Å². The fourth-order valence-corrected chi connectivity index (χ4v) is 1.71. The van der Waals surface area contributed by atoms with Gasteiger partial charge in [0.1, 0.15) is 12.2 Å². The molecule has 0 fully saturated rings. The number of hydrogen-bond acceptors (Lipinski definition) is 4. The van der Waals surface area contributed by atoms with Gasteiger partial charge in [0.15, 0.2) is 0 Å². The van der Waals surface area contributed by atoms with Crippen molar-refractivity contribution in [1.82, 2.24) is 19.7 Å². The quantitative estimate of drug-likeness (QED) is 0.712. The fraction of sp³-hybridized carbons (Fsp3) is 0.778. The zero-order valence-corrected chi connectivity index (χ0v) is 8.77. The summed E-state index contributed by atoms with van der Waals surface area (Å²) in [6.45, 7) is 7.84. The van der Waals surface area contributed by atoms with Gasteiger partial charge in [-0.2, -0.15) is 0 Å². The molecule has 0 saturated carbocycles. The summed E-state index contributed by atoms with van der Waals surface area (Å²) in [4.78, 5) is 2.36. The van der Waals surface area contributed by atoms with Gasteiger partial charge in [0, 0.05) is 25.2 Å². The van der Waals surface area contributed by atoms with Crippen molar-refractivity contribution in [3.63, 3.8) is 0 Å². The van der Waals surface area contributed by atoms with Crippen LogP contribution in [-0.4, -0.2) is 38.3 Å². The van der Waals surface area contributed by atoms with E-state index in [4.69, 9.17) is 5.73 Å². The first-order chi connectivity index (χ1) is 6.63. The van der Waals surface area contributed by atoms with Crippen LogP contribution in [0.5, 0.6) is 0 Å². The minimum Gasteiger partial charge on any atom is -0.329 e. The Morgan fingerprint density at radius 2 is 2.29 bits per heavy atom. The maximum Gasteiger partial charge on any atom is 0.147 e. The Morgan fingerprint density at radius 1 is 1.50 bits per heavy atom. The summed E-state index contributed by atoms with van der Waals surface area (Å²) in [6.07, 6.45) is 1.79. The zero-order valence-electron chi connectivity index (χ0n) is 8.77. The second-order valence-corrected chi connectivity index (χ2v) is 4.38. The molecule has 78 valence electrons. The number of nitrogens with two attached hydrogens (primary N) is 1. The van der Waals surface area contributed by atoms with E-state index in [0.29, 0.717) is 6.54 Å². The van der Waals surface area contributed by atoms with Crippen molar-refractivity contribution in [1.29, 1.82) is 0 Å². The Hall–Kier alpha value is -0.940. The first-order valence-electron chi connectivity index (χ1n) is 4.95. The highest BCUT2D eigenvalue weighted by atomic mass is 15.3. The molecule has 2 heterocycles. The molecule has 0 spiro atoms. The van der Waals surface area contributed by atoms with Crippen LogP contribution in [-0.2, 0) is 13.1 Å². The van der Waals surface area contributed by atoms with Crippen molar-refractivity contribution >= 4 is 0 Å². The first-order valence-corrected chi connectivity index (χ1v) is 4.95. The average molecular weight is 195 g/mol. The third kappa shape index (κ3) is 1.53. The van der Waals surface area contributed by atoms with Crippen molar-refractivity contribution in [2.24, 2.45) is 5.73 Å². The van der Waals surface area contributed by atoms with Gasteiger partial charge in [-0.25, -0.2) is 0 Å². The Labute approximate surface area is 83.9 Å². The molecular weight excluding hydrogens is 178 g/mol. The third-order valence-corrected chi connectivity index (χ3v) is 2.99. The molecule has 0 unspecified atom stereocenters. The van der Waals surface area contributed by atoms with Crippen LogP contribution in [0.15, 0.2) is 6.33 Å². The largest absolute Gasteiger partial charge is 0.329 e. The van der Waals surface area contributed by atoms with Gasteiger partial charge >= 0.3 is 0 Å². The molecule has 0 bridgehead atoms. The second-order valence-electron chi connectivity index (χ2n) is 4.38. The van der Waals surface area contributed by atoms with Gasteiger partial charge in [-0.15, -0.1) is 10.2 Å². The standard InChI is InChI=1S/C9H17N5/c1-9(2,6-10)14-4-3-13-7-11-12-8(13)5-14/h7H,3-6,10H2,1-2H3. The summed E-state index contributed by atoms with van der Waals surface area (Å²) in [5.74, 6) is 1.04. The molecule has 5 nitrogen and oxygen atoms in total. The van der Waals surface area contributed by atoms with E-state index in [0.717, 1.165) is 25.5 Å². The van der Waals surface area contributed by atoms with E-state index in [1.54, 1.807) is 6.33 Å². The molecule has 0 aromatic carbocycles. The van der Waals surface area contributed by atoms with Crippen LogP contribution in [0.2, 0.25) is 0 Å². The van der Waals surface area contributed by atoms with Crippen LogP contribution >= 0.6 is 0 Å². The Bertz CT molecular complexity index is 317. The monoisotopic (exact) mass is 195 g/mol. The van der Waals surface area contributed by atoms with Crippen LogP contribution in [0.3, 0.4) is 0 Å². The molecule has 2 rings (SSSR count). The summed E-state index contributed by atoms with van der Waals surface area (Å²) in [6, 6.07) is 0. The van der Waals surface area contributed by atoms with Gasteiger partial charge in [0.2, 0.25) is 0 Å². The summed E-state index contributed by atoms with van der Waals surface area (Å²) in [5, 5.41) is 7.99. The van der Waals surface area contributed by atoms with E-state index >= 15 is 0 Å². The van der Waals surface area contributed by atoms with Crippen LogP contribution < -0.4 is 5.73 Å². The van der Waals surface area contributed by atoms with E-state index in [9.17, 15) is 0 Å². The topological polar surface area (TPSA) is 60.0 Å². The molecule has 14 heavy (non-hydrogen) atoms. The molecule has 0 radical (unpaired) electrons. The molecule has 1 aliphatic heterocycles.